The lowest BCUT2D eigenvalue weighted by Crippen LogP contribution is -2.40. The van der Waals surface area contributed by atoms with Crippen molar-refractivity contribution in [1.29, 1.82) is 0 Å². The number of nitrogens with zero attached hydrogens (tertiary/aromatic N) is 3. The van der Waals surface area contributed by atoms with Crippen molar-refractivity contribution in [2.75, 3.05) is 32.7 Å². The van der Waals surface area contributed by atoms with Crippen LogP contribution in [-0.2, 0) is 13.1 Å². The summed E-state index contributed by atoms with van der Waals surface area (Å²) in [5.74, 6) is 1.80. The van der Waals surface area contributed by atoms with Crippen LogP contribution in [0.15, 0.2) is 29.3 Å². The predicted octanol–water partition coefficient (Wildman–Crippen LogP) is 3.07. The molecular weight excluding hydrogens is 451 g/mol. The molecule has 0 saturated carbocycles. The first kappa shape index (κ1) is 22.4. The normalized spacial score (nSPS) is 22.0. The zero-order valence-electron chi connectivity index (χ0n) is 16.7. The highest BCUT2D eigenvalue weighted by atomic mass is 127. The number of hydrogen-bond donors (Lipinski definition) is 2. The van der Waals surface area contributed by atoms with E-state index in [-0.39, 0.29) is 30.1 Å². The van der Waals surface area contributed by atoms with Gasteiger partial charge in [-0.05, 0) is 56.3 Å². The quantitative estimate of drug-likeness (QED) is 0.382. The minimum atomic E-state index is -0.226. The lowest BCUT2D eigenvalue weighted by molar-refractivity contribution is 0.185. The third-order valence-corrected chi connectivity index (χ3v) is 5.51. The van der Waals surface area contributed by atoms with Crippen LogP contribution in [-0.4, -0.2) is 59.7 Å². The van der Waals surface area contributed by atoms with Crippen LogP contribution in [0.2, 0.25) is 0 Å². The van der Waals surface area contributed by atoms with Gasteiger partial charge in [0.25, 0.3) is 0 Å². The van der Waals surface area contributed by atoms with Gasteiger partial charge in [-0.25, -0.2) is 4.99 Å². The van der Waals surface area contributed by atoms with Gasteiger partial charge < -0.3 is 15.3 Å². The maximum atomic E-state index is 9.75. The number of aliphatic hydroxyl groups is 1. The Hall–Kier alpha value is -0.860. The largest absolute Gasteiger partial charge is 0.391 e. The van der Waals surface area contributed by atoms with Gasteiger partial charge in [-0.1, -0.05) is 31.2 Å². The number of β-amino-alcohol motifs (C(OH)–C–C–N with tert-alkyl or cyclic N) is 1. The molecule has 2 aliphatic rings. The summed E-state index contributed by atoms with van der Waals surface area (Å²) >= 11 is 0. The fraction of sp³-hybridized carbons (Fsp3) is 0.667. The van der Waals surface area contributed by atoms with Gasteiger partial charge in [0.1, 0.15) is 0 Å². The molecular formula is C21H35IN4O. The van der Waals surface area contributed by atoms with E-state index in [0.29, 0.717) is 13.1 Å². The highest BCUT2D eigenvalue weighted by Gasteiger charge is 2.22. The number of hydrogen-bond acceptors (Lipinski definition) is 3. The number of aliphatic hydroxyl groups excluding tert-OH is 1. The van der Waals surface area contributed by atoms with E-state index in [1.807, 2.05) is 0 Å². The maximum absolute atomic E-state index is 9.75. The number of nitrogens with one attached hydrogen (secondary N) is 1. The Bertz CT molecular complexity index is 584. The van der Waals surface area contributed by atoms with Crippen molar-refractivity contribution < 1.29 is 5.11 Å². The van der Waals surface area contributed by atoms with Crippen LogP contribution in [0, 0.1) is 5.92 Å². The molecule has 0 amide bonds. The van der Waals surface area contributed by atoms with Crippen molar-refractivity contribution in [2.45, 2.75) is 52.3 Å². The van der Waals surface area contributed by atoms with Crippen LogP contribution < -0.4 is 5.32 Å². The lowest BCUT2D eigenvalue weighted by Gasteiger charge is -2.30. The first-order chi connectivity index (χ1) is 12.6. The van der Waals surface area contributed by atoms with Crippen molar-refractivity contribution in [3.8, 4) is 0 Å². The summed E-state index contributed by atoms with van der Waals surface area (Å²) in [5.41, 5.74) is 2.62. The minimum Gasteiger partial charge on any atom is -0.391 e. The van der Waals surface area contributed by atoms with Crippen molar-refractivity contribution >= 4 is 29.9 Å². The summed E-state index contributed by atoms with van der Waals surface area (Å²) in [5, 5.41) is 13.1. The predicted molar refractivity (Wildman–Crippen MR) is 123 cm³/mol. The number of halogens is 1. The second-order valence-electron chi connectivity index (χ2n) is 7.83. The summed E-state index contributed by atoms with van der Waals surface area (Å²) in [6.45, 7) is 11.0. The van der Waals surface area contributed by atoms with Crippen LogP contribution >= 0.6 is 24.0 Å². The summed E-state index contributed by atoms with van der Waals surface area (Å²) in [7, 11) is 0. The summed E-state index contributed by atoms with van der Waals surface area (Å²) in [6, 6.07) is 8.90. The first-order valence-corrected chi connectivity index (χ1v) is 10.2. The van der Waals surface area contributed by atoms with E-state index in [1.54, 1.807) is 0 Å². The smallest absolute Gasteiger partial charge is 0.194 e. The Labute approximate surface area is 181 Å². The molecule has 0 aromatic heterocycles. The van der Waals surface area contributed by atoms with E-state index in [4.69, 9.17) is 4.99 Å². The molecule has 3 rings (SSSR count). The highest BCUT2D eigenvalue weighted by molar-refractivity contribution is 14.0. The molecule has 6 heteroatoms. The van der Waals surface area contributed by atoms with E-state index >= 15 is 0 Å². The molecule has 0 aliphatic carbocycles. The van der Waals surface area contributed by atoms with Crippen molar-refractivity contribution in [3.63, 3.8) is 0 Å². The molecule has 0 radical (unpaired) electrons. The molecule has 1 aromatic rings. The molecule has 1 aromatic carbocycles. The molecule has 1 atom stereocenters. The number of aliphatic imine (C=N–C) groups is 1. The van der Waals surface area contributed by atoms with Crippen LogP contribution in [0.3, 0.4) is 0 Å². The van der Waals surface area contributed by atoms with Crippen LogP contribution in [0.1, 0.15) is 44.2 Å². The van der Waals surface area contributed by atoms with Crippen LogP contribution in [0.25, 0.3) is 0 Å². The molecule has 2 fully saturated rings. The molecule has 0 spiro atoms. The number of rotatable bonds is 5. The van der Waals surface area contributed by atoms with Crippen molar-refractivity contribution in [3.05, 3.63) is 35.4 Å². The SMILES string of the molecule is CCNC(=NCc1ccc(CN2CCC(C)CC2)cc1)N1CC[C@@H](O)C1.I. The monoisotopic (exact) mass is 486 g/mol. The van der Waals surface area contributed by atoms with Gasteiger partial charge in [0.2, 0.25) is 0 Å². The molecule has 152 valence electrons. The number of piperidine rings is 1. The molecule has 27 heavy (non-hydrogen) atoms. The fourth-order valence-electron chi connectivity index (χ4n) is 3.75. The molecule has 5 nitrogen and oxygen atoms in total. The molecule has 2 aliphatic heterocycles. The minimum absolute atomic E-state index is 0. The second kappa shape index (κ2) is 11.2. The van der Waals surface area contributed by atoms with Gasteiger partial charge in [0.15, 0.2) is 5.96 Å². The Morgan fingerprint density at radius 3 is 2.37 bits per heavy atom. The summed E-state index contributed by atoms with van der Waals surface area (Å²) in [6.07, 6.45) is 3.25. The van der Waals surface area contributed by atoms with E-state index < -0.39 is 0 Å². The maximum Gasteiger partial charge on any atom is 0.194 e. The van der Waals surface area contributed by atoms with E-state index in [0.717, 1.165) is 37.9 Å². The van der Waals surface area contributed by atoms with Crippen molar-refractivity contribution in [2.24, 2.45) is 10.9 Å². The lowest BCUT2D eigenvalue weighted by atomic mass is 9.99. The Kier molecular flexibility index (Phi) is 9.32. The van der Waals surface area contributed by atoms with Gasteiger partial charge in [-0.2, -0.15) is 0 Å². The first-order valence-electron chi connectivity index (χ1n) is 10.2. The van der Waals surface area contributed by atoms with Gasteiger partial charge in [-0.3, -0.25) is 4.90 Å². The topological polar surface area (TPSA) is 51.1 Å². The number of benzene rings is 1. The summed E-state index contributed by atoms with van der Waals surface area (Å²) in [4.78, 5) is 9.48. The summed E-state index contributed by atoms with van der Waals surface area (Å²) < 4.78 is 0. The standard InChI is InChI=1S/C21H34N4O.HI/c1-3-22-21(25-13-10-20(26)16-25)23-14-18-4-6-19(7-5-18)15-24-11-8-17(2)9-12-24;/h4-7,17,20,26H,3,8-16H2,1-2H3,(H,22,23);1H/t20-;/m1./s1. The fourth-order valence-corrected chi connectivity index (χ4v) is 3.75. The Morgan fingerprint density at radius 1 is 1.11 bits per heavy atom. The average Bonchev–Trinajstić information content (AvgIpc) is 3.08. The third kappa shape index (κ3) is 6.91. The van der Waals surface area contributed by atoms with Gasteiger partial charge in [0.05, 0.1) is 12.6 Å². The van der Waals surface area contributed by atoms with Gasteiger partial charge in [0, 0.05) is 26.2 Å². The zero-order chi connectivity index (χ0) is 18.4. The third-order valence-electron chi connectivity index (χ3n) is 5.51. The Morgan fingerprint density at radius 2 is 1.78 bits per heavy atom. The van der Waals surface area contributed by atoms with E-state index in [9.17, 15) is 5.11 Å². The van der Waals surface area contributed by atoms with E-state index in [2.05, 4.69) is 53.2 Å². The zero-order valence-corrected chi connectivity index (χ0v) is 19.1. The Balaban J connectivity index is 0.00000261. The molecule has 2 heterocycles. The average molecular weight is 486 g/mol. The highest BCUT2D eigenvalue weighted by Crippen LogP contribution is 2.18. The van der Waals surface area contributed by atoms with Crippen molar-refractivity contribution in [1.82, 2.24) is 15.1 Å². The molecule has 2 N–H and O–H groups in total. The molecule has 0 unspecified atom stereocenters. The molecule has 2 saturated heterocycles. The van der Waals surface area contributed by atoms with Crippen LogP contribution in [0.5, 0.6) is 0 Å². The number of likely N-dealkylation sites (tertiary alicyclic amines) is 2. The van der Waals surface area contributed by atoms with Gasteiger partial charge in [-0.15, -0.1) is 24.0 Å². The second-order valence-corrected chi connectivity index (χ2v) is 7.83. The molecule has 0 bridgehead atoms. The van der Waals surface area contributed by atoms with Crippen LogP contribution in [0.4, 0.5) is 0 Å². The van der Waals surface area contributed by atoms with E-state index in [1.165, 1.54) is 37.1 Å². The van der Waals surface area contributed by atoms with Gasteiger partial charge >= 0.3 is 0 Å². The number of guanidine groups is 1.